The molecule has 1 aromatic heterocycles. The molecule has 10 nitrogen and oxygen atoms in total. The van der Waals surface area contributed by atoms with Gasteiger partial charge in [0.1, 0.15) is 23.3 Å². The quantitative estimate of drug-likeness (QED) is 0.417. The summed E-state index contributed by atoms with van der Waals surface area (Å²) in [6.45, 7) is 2.40. The second-order valence-electron chi connectivity index (χ2n) is 5.54. The van der Waals surface area contributed by atoms with Crippen molar-refractivity contribution < 1.29 is 28.7 Å². The molecule has 0 saturated heterocycles. The molecule has 1 aromatic carbocycles. The first kappa shape index (κ1) is 19.9. The smallest absolute Gasteiger partial charge is 0.303 e. The van der Waals surface area contributed by atoms with Gasteiger partial charge in [0.2, 0.25) is 0 Å². The Morgan fingerprint density at radius 1 is 1.26 bits per heavy atom. The van der Waals surface area contributed by atoms with Crippen molar-refractivity contribution in [2.45, 2.75) is 20.0 Å². The van der Waals surface area contributed by atoms with Crippen molar-refractivity contribution in [3.05, 3.63) is 34.5 Å². The molecule has 1 atom stereocenters. The maximum Gasteiger partial charge on any atom is 0.303 e. The number of rotatable bonds is 8. The van der Waals surface area contributed by atoms with Gasteiger partial charge in [0.15, 0.2) is 6.10 Å². The van der Waals surface area contributed by atoms with Crippen LogP contribution in [0.1, 0.15) is 13.8 Å². The average Bonchev–Trinajstić information content (AvgIpc) is 2.62. The van der Waals surface area contributed by atoms with Crippen LogP contribution in [-0.2, 0) is 19.1 Å². The van der Waals surface area contributed by atoms with Crippen molar-refractivity contribution in [2.24, 2.45) is 0 Å². The summed E-state index contributed by atoms with van der Waals surface area (Å²) in [5, 5.41) is 14.7. The Balaban J connectivity index is 2.35. The Bertz CT molecular complexity index is 869. The Kier molecular flexibility index (Phi) is 6.47. The van der Waals surface area contributed by atoms with Crippen LogP contribution in [0.15, 0.2) is 24.4 Å². The molecule has 2 rings (SSSR count). The molecule has 0 aliphatic rings. The van der Waals surface area contributed by atoms with Crippen molar-refractivity contribution in [3.8, 4) is 5.75 Å². The van der Waals surface area contributed by atoms with E-state index in [1.807, 2.05) is 0 Å². The second kappa shape index (κ2) is 8.79. The van der Waals surface area contributed by atoms with Gasteiger partial charge in [-0.05, 0) is 12.1 Å². The molecule has 0 spiro atoms. The number of carbonyl (C=O) groups excluding carboxylic acids is 2. The summed E-state index contributed by atoms with van der Waals surface area (Å²) < 4.78 is 15.2. The van der Waals surface area contributed by atoms with Crippen LogP contribution in [0, 0.1) is 10.1 Å². The first-order chi connectivity index (χ1) is 12.8. The first-order valence-electron chi connectivity index (χ1n) is 7.98. The van der Waals surface area contributed by atoms with Gasteiger partial charge in [0.25, 0.3) is 5.69 Å². The summed E-state index contributed by atoms with van der Waals surface area (Å²) >= 11 is 0. The van der Waals surface area contributed by atoms with E-state index in [0.29, 0.717) is 17.0 Å². The SMILES string of the molecule is COc1ccc([N+](=O)[O-])c2c(NCC(COC(C)=O)OC(C)=O)ccnc12. The van der Waals surface area contributed by atoms with Crippen LogP contribution in [0.25, 0.3) is 10.9 Å². The summed E-state index contributed by atoms with van der Waals surface area (Å²) in [6, 6.07) is 4.36. The van der Waals surface area contributed by atoms with Gasteiger partial charge in [-0.15, -0.1) is 0 Å². The van der Waals surface area contributed by atoms with Crippen molar-refractivity contribution in [1.82, 2.24) is 4.98 Å². The lowest BCUT2D eigenvalue weighted by Crippen LogP contribution is -2.30. The minimum atomic E-state index is -0.765. The van der Waals surface area contributed by atoms with E-state index >= 15 is 0 Å². The van der Waals surface area contributed by atoms with Gasteiger partial charge in [0, 0.05) is 26.1 Å². The summed E-state index contributed by atoms with van der Waals surface area (Å²) in [7, 11) is 1.44. The van der Waals surface area contributed by atoms with Crippen molar-refractivity contribution in [2.75, 3.05) is 25.6 Å². The number of fused-ring (bicyclic) bond motifs is 1. The van der Waals surface area contributed by atoms with Crippen molar-refractivity contribution in [3.63, 3.8) is 0 Å². The van der Waals surface area contributed by atoms with E-state index in [9.17, 15) is 19.7 Å². The average molecular weight is 377 g/mol. The fraction of sp³-hybridized carbons (Fsp3) is 0.353. The van der Waals surface area contributed by atoms with Gasteiger partial charge < -0.3 is 19.5 Å². The third kappa shape index (κ3) is 5.03. The van der Waals surface area contributed by atoms with Crippen LogP contribution in [0.2, 0.25) is 0 Å². The number of hydrogen-bond donors (Lipinski definition) is 1. The Morgan fingerprint density at radius 3 is 2.59 bits per heavy atom. The standard InChI is InChI=1S/C17H19N3O7/c1-10(21)26-9-12(27-11(2)22)8-19-13-6-7-18-17-15(25-3)5-4-14(16(13)17)20(23)24/h4-7,12H,8-9H2,1-3H3,(H,18,19). The number of nitro groups is 1. The first-order valence-corrected chi connectivity index (χ1v) is 7.98. The number of carbonyl (C=O) groups is 2. The molecule has 10 heteroatoms. The molecule has 0 aliphatic carbocycles. The van der Waals surface area contributed by atoms with Crippen LogP contribution in [-0.4, -0.2) is 48.2 Å². The molecule has 0 aliphatic heterocycles. The Morgan fingerprint density at radius 2 is 2.00 bits per heavy atom. The van der Waals surface area contributed by atoms with E-state index < -0.39 is 23.0 Å². The molecular formula is C17H19N3O7. The van der Waals surface area contributed by atoms with Crippen LogP contribution in [0.5, 0.6) is 5.75 Å². The zero-order chi connectivity index (χ0) is 20.0. The molecule has 0 radical (unpaired) electrons. The van der Waals surface area contributed by atoms with Crippen molar-refractivity contribution in [1.29, 1.82) is 0 Å². The fourth-order valence-corrected chi connectivity index (χ4v) is 2.49. The predicted molar refractivity (Wildman–Crippen MR) is 95.6 cm³/mol. The summed E-state index contributed by atoms with van der Waals surface area (Å²) in [5.74, 6) is -0.668. The molecular weight excluding hydrogens is 358 g/mol. The monoisotopic (exact) mass is 377 g/mol. The molecule has 2 aromatic rings. The van der Waals surface area contributed by atoms with E-state index in [4.69, 9.17) is 14.2 Å². The molecule has 1 N–H and O–H groups in total. The number of anilines is 1. The molecule has 0 amide bonds. The Hall–Kier alpha value is -3.43. The van der Waals surface area contributed by atoms with Crippen LogP contribution < -0.4 is 10.1 Å². The molecule has 1 heterocycles. The topological polar surface area (TPSA) is 130 Å². The number of hydrogen-bond acceptors (Lipinski definition) is 9. The van der Waals surface area contributed by atoms with Crippen LogP contribution in [0.4, 0.5) is 11.4 Å². The van der Waals surface area contributed by atoms with E-state index in [1.54, 1.807) is 6.07 Å². The second-order valence-corrected chi connectivity index (χ2v) is 5.54. The lowest BCUT2D eigenvalue weighted by atomic mass is 10.1. The maximum atomic E-state index is 11.4. The lowest BCUT2D eigenvalue weighted by molar-refractivity contribution is -0.383. The van der Waals surface area contributed by atoms with E-state index in [2.05, 4.69) is 10.3 Å². The third-order valence-corrected chi connectivity index (χ3v) is 3.58. The maximum absolute atomic E-state index is 11.4. The van der Waals surface area contributed by atoms with E-state index in [-0.39, 0.29) is 24.2 Å². The highest BCUT2D eigenvalue weighted by Gasteiger charge is 2.21. The number of nitrogens with zero attached hydrogens (tertiary/aromatic N) is 2. The summed E-state index contributed by atoms with van der Waals surface area (Å²) in [5.41, 5.74) is 0.580. The number of nitro benzene ring substituents is 1. The molecule has 144 valence electrons. The lowest BCUT2D eigenvalue weighted by Gasteiger charge is -2.18. The summed E-state index contributed by atoms with van der Waals surface area (Å²) in [6.07, 6.45) is 0.711. The number of ether oxygens (including phenoxy) is 3. The molecule has 27 heavy (non-hydrogen) atoms. The largest absolute Gasteiger partial charge is 0.494 e. The molecule has 0 fully saturated rings. The van der Waals surface area contributed by atoms with Gasteiger partial charge in [-0.2, -0.15) is 0 Å². The molecule has 1 unspecified atom stereocenters. The fourth-order valence-electron chi connectivity index (χ4n) is 2.49. The van der Waals surface area contributed by atoms with Crippen molar-refractivity contribution >= 4 is 34.2 Å². The van der Waals surface area contributed by atoms with Gasteiger partial charge >= 0.3 is 11.9 Å². The van der Waals surface area contributed by atoms with E-state index in [1.165, 1.54) is 39.3 Å². The molecule has 0 bridgehead atoms. The minimum absolute atomic E-state index is 0.0698. The minimum Gasteiger partial charge on any atom is -0.494 e. The van der Waals surface area contributed by atoms with Gasteiger partial charge in [-0.3, -0.25) is 24.7 Å². The normalized spacial score (nSPS) is 11.5. The van der Waals surface area contributed by atoms with Gasteiger partial charge in [-0.1, -0.05) is 0 Å². The van der Waals surface area contributed by atoms with E-state index in [0.717, 1.165) is 0 Å². The van der Waals surface area contributed by atoms with Gasteiger partial charge in [0.05, 0.1) is 24.3 Å². The zero-order valence-electron chi connectivity index (χ0n) is 15.1. The highest BCUT2D eigenvalue weighted by Crippen LogP contribution is 2.36. The highest BCUT2D eigenvalue weighted by molar-refractivity contribution is 6.01. The van der Waals surface area contributed by atoms with Gasteiger partial charge in [-0.25, -0.2) is 0 Å². The zero-order valence-corrected chi connectivity index (χ0v) is 15.1. The van der Waals surface area contributed by atoms with Crippen LogP contribution in [0.3, 0.4) is 0 Å². The highest BCUT2D eigenvalue weighted by atomic mass is 16.6. The molecule has 0 saturated carbocycles. The summed E-state index contributed by atoms with van der Waals surface area (Å²) in [4.78, 5) is 37.3. The number of aromatic nitrogens is 1. The number of nitrogens with one attached hydrogen (secondary N) is 1. The number of esters is 2. The number of methoxy groups -OCH3 is 1. The number of pyridine rings is 1. The Labute approximate surface area is 154 Å². The predicted octanol–water partition coefficient (Wildman–Crippen LogP) is 2.06. The number of benzene rings is 1. The van der Waals surface area contributed by atoms with Crippen LogP contribution >= 0.6 is 0 Å². The number of non-ortho nitro benzene ring substituents is 1. The third-order valence-electron chi connectivity index (χ3n) is 3.58.